The first kappa shape index (κ1) is 16.7. The minimum absolute atomic E-state index is 0.0134. The van der Waals surface area contributed by atoms with Crippen LogP contribution in [0.5, 0.6) is 0 Å². The van der Waals surface area contributed by atoms with Crippen LogP contribution in [0, 0.1) is 23.5 Å². The zero-order valence-corrected chi connectivity index (χ0v) is 14.4. The molecule has 142 valence electrons. The lowest BCUT2D eigenvalue weighted by atomic mass is 9.74. The van der Waals surface area contributed by atoms with Crippen molar-refractivity contribution >= 4 is 22.6 Å². The Morgan fingerprint density at radius 3 is 2.56 bits per heavy atom. The van der Waals surface area contributed by atoms with E-state index in [1.165, 1.54) is 10.8 Å². The standard InChI is InChI=1S/C19H18F2N2O4/c20-13-4-10-16(23(9-1-2-9)7-12(18(10)25)19(26)27)15(21)17(13)22-5-8-3-14(24)11(8)6-22/h4,7-9,11,14,24H,1-3,5-6H2,(H,26,27). The molecule has 2 aromatic rings. The Morgan fingerprint density at radius 1 is 1.22 bits per heavy atom. The van der Waals surface area contributed by atoms with Crippen molar-refractivity contribution < 1.29 is 23.8 Å². The summed E-state index contributed by atoms with van der Waals surface area (Å²) in [5.74, 6) is -2.89. The van der Waals surface area contributed by atoms with Gasteiger partial charge in [0, 0.05) is 31.2 Å². The molecule has 2 aliphatic carbocycles. The van der Waals surface area contributed by atoms with Crippen LogP contribution in [-0.4, -0.2) is 39.9 Å². The molecule has 0 spiro atoms. The third kappa shape index (κ3) is 2.32. The highest BCUT2D eigenvalue weighted by molar-refractivity contribution is 5.94. The van der Waals surface area contributed by atoms with Crippen molar-refractivity contribution in [3.05, 3.63) is 39.7 Å². The summed E-state index contributed by atoms with van der Waals surface area (Å²) >= 11 is 0. The zero-order chi connectivity index (χ0) is 19.0. The first-order valence-electron chi connectivity index (χ1n) is 9.10. The predicted molar refractivity (Wildman–Crippen MR) is 93.2 cm³/mol. The molecule has 1 aromatic heterocycles. The van der Waals surface area contributed by atoms with Gasteiger partial charge in [-0.25, -0.2) is 13.6 Å². The van der Waals surface area contributed by atoms with Crippen LogP contribution in [0.3, 0.4) is 0 Å². The van der Waals surface area contributed by atoms with Gasteiger partial charge in [0.15, 0.2) is 5.82 Å². The van der Waals surface area contributed by atoms with E-state index in [2.05, 4.69) is 0 Å². The molecule has 2 saturated carbocycles. The van der Waals surface area contributed by atoms with Crippen molar-refractivity contribution in [2.24, 2.45) is 11.8 Å². The molecular formula is C19H18F2N2O4. The van der Waals surface area contributed by atoms with Crippen LogP contribution >= 0.6 is 0 Å². The molecule has 1 saturated heterocycles. The van der Waals surface area contributed by atoms with E-state index < -0.39 is 34.7 Å². The number of aromatic nitrogens is 1. The van der Waals surface area contributed by atoms with Crippen molar-refractivity contribution in [1.29, 1.82) is 0 Å². The quantitative estimate of drug-likeness (QED) is 0.858. The fourth-order valence-corrected chi connectivity index (χ4v) is 4.57. The second-order valence-electron chi connectivity index (χ2n) is 7.86. The number of pyridine rings is 1. The summed E-state index contributed by atoms with van der Waals surface area (Å²) in [4.78, 5) is 25.5. The number of aliphatic hydroxyl groups is 1. The van der Waals surface area contributed by atoms with Crippen LogP contribution in [-0.2, 0) is 0 Å². The molecule has 8 heteroatoms. The van der Waals surface area contributed by atoms with E-state index in [1.54, 1.807) is 4.90 Å². The lowest BCUT2D eigenvalue weighted by molar-refractivity contribution is -0.00399. The molecule has 0 bridgehead atoms. The van der Waals surface area contributed by atoms with E-state index in [4.69, 9.17) is 0 Å². The molecule has 0 radical (unpaired) electrons. The number of aromatic carboxylic acids is 1. The van der Waals surface area contributed by atoms with E-state index in [0.29, 0.717) is 19.5 Å². The van der Waals surface area contributed by atoms with Crippen LogP contribution in [0.15, 0.2) is 17.1 Å². The van der Waals surface area contributed by atoms with Crippen LogP contribution in [0.4, 0.5) is 14.5 Å². The Bertz CT molecular complexity index is 1050. The van der Waals surface area contributed by atoms with E-state index in [-0.39, 0.29) is 34.5 Å². The second-order valence-corrected chi connectivity index (χ2v) is 7.86. The molecule has 3 aliphatic rings. The maximum atomic E-state index is 15.5. The average Bonchev–Trinajstić information content (AvgIpc) is 3.39. The molecule has 2 N–H and O–H groups in total. The Balaban J connectivity index is 1.73. The van der Waals surface area contributed by atoms with Crippen LogP contribution in [0.25, 0.3) is 10.9 Å². The SMILES string of the molecule is O=C(O)c1cn(C2CC2)c2c(F)c(N3CC4CC(O)C4C3)c(F)cc2c1=O. The second kappa shape index (κ2) is 5.51. The van der Waals surface area contributed by atoms with Gasteiger partial charge in [0.05, 0.1) is 17.0 Å². The largest absolute Gasteiger partial charge is 0.477 e. The molecule has 2 heterocycles. The minimum atomic E-state index is -1.41. The number of nitrogens with zero attached hydrogens (tertiary/aromatic N) is 2. The van der Waals surface area contributed by atoms with Gasteiger partial charge in [-0.15, -0.1) is 0 Å². The molecule has 0 amide bonds. The van der Waals surface area contributed by atoms with Crippen molar-refractivity contribution in [3.8, 4) is 0 Å². The van der Waals surface area contributed by atoms with Gasteiger partial charge in [0.1, 0.15) is 17.1 Å². The Labute approximate surface area is 152 Å². The average molecular weight is 376 g/mol. The smallest absolute Gasteiger partial charge is 0.341 e. The summed E-state index contributed by atoms with van der Waals surface area (Å²) in [5.41, 5.74) is -1.59. The van der Waals surface area contributed by atoms with Crippen molar-refractivity contribution in [1.82, 2.24) is 4.57 Å². The van der Waals surface area contributed by atoms with Crippen LogP contribution < -0.4 is 10.3 Å². The van der Waals surface area contributed by atoms with Gasteiger partial charge >= 0.3 is 5.97 Å². The van der Waals surface area contributed by atoms with Gasteiger partial charge in [-0.3, -0.25) is 4.79 Å². The van der Waals surface area contributed by atoms with Gasteiger partial charge in [-0.2, -0.15) is 0 Å². The maximum Gasteiger partial charge on any atom is 0.341 e. The first-order chi connectivity index (χ1) is 12.9. The predicted octanol–water partition coefficient (Wildman–Crippen LogP) is 2.13. The fraction of sp³-hybridized carbons (Fsp3) is 0.474. The van der Waals surface area contributed by atoms with Gasteiger partial charge in [-0.1, -0.05) is 0 Å². The van der Waals surface area contributed by atoms with E-state index in [0.717, 1.165) is 18.9 Å². The number of carboxylic acid groups (broad SMARTS) is 1. The lowest BCUT2D eigenvalue weighted by Crippen LogP contribution is -2.39. The van der Waals surface area contributed by atoms with Gasteiger partial charge in [-0.05, 0) is 31.2 Å². The van der Waals surface area contributed by atoms with Crippen LogP contribution in [0.2, 0.25) is 0 Å². The van der Waals surface area contributed by atoms with Crippen molar-refractivity contribution in [2.45, 2.75) is 31.4 Å². The lowest BCUT2D eigenvalue weighted by Gasteiger charge is -2.34. The third-order valence-corrected chi connectivity index (χ3v) is 6.20. The zero-order valence-electron chi connectivity index (χ0n) is 14.4. The topological polar surface area (TPSA) is 82.8 Å². The molecule has 5 rings (SSSR count). The number of hydrogen-bond acceptors (Lipinski definition) is 4. The number of halogens is 2. The summed E-state index contributed by atoms with van der Waals surface area (Å²) in [6, 6.07) is 0.869. The minimum Gasteiger partial charge on any atom is -0.477 e. The molecule has 1 aromatic carbocycles. The Kier molecular flexibility index (Phi) is 3.40. The summed E-state index contributed by atoms with van der Waals surface area (Å²) < 4.78 is 31.8. The Hall–Kier alpha value is -2.48. The number of aliphatic hydroxyl groups excluding tert-OH is 1. The van der Waals surface area contributed by atoms with Crippen molar-refractivity contribution in [2.75, 3.05) is 18.0 Å². The third-order valence-electron chi connectivity index (χ3n) is 6.20. The number of carbonyl (C=O) groups is 1. The number of rotatable bonds is 3. The van der Waals surface area contributed by atoms with Crippen molar-refractivity contribution in [3.63, 3.8) is 0 Å². The molecule has 3 unspecified atom stereocenters. The number of benzene rings is 1. The van der Waals surface area contributed by atoms with Crippen LogP contribution in [0.1, 0.15) is 35.7 Å². The maximum absolute atomic E-state index is 15.5. The molecule has 1 aliphatic heterocycles. The molecular weight excluding hydrogens is 358 g/mol. The fourth-order valence-electron chi connectivity index (χ4n) is 4.57. The van der Waals surface area contributed by atoms with Gasteiger partial charge < -0.3 is 19.7 Å². The summed E-state index contributed by atoms with van der Waals surface area (Å²) in [6.45, 7) is 0.827. The highest BCUT2D eigenvalue weighted by Crippen LogP contribution is 2.45. The summed E-state index contributed by atoms with van der Waals surface area (Å²) in [6.07, 6.45) is 2.88. The van der Waals surface area contributed by atoms with Gasteiger partial charge in [0.2, 0.25) is 5.43 Å². The van der Waals surface area contributed by atoms with Gasteiger partial charge in [0.25, 0.3) is 0 Å². The monoisotopic (exact) mass is 376 g/mol. The molecule has 27 heavy (non-hydrogen) atoms. The molecule has 6 nitrogen and oxygen atoms in total. The number of hydrogen-bond donors (Lipinski definition) is 2. The first-order valence-corrected chi connectivity index (χ1v) is 9.10. The Morgan fingerprint density at radius 2 is 1.96 bits per heavy atom. The van der Waals surface area contributed by atoms with E-state index >= 15 is 4.39 Å². The summed E-state index contributed by atoms with van der Waals surface area (Å²) in [7, 11) is 0. The molecule has 3 atom stereocenters. The number of anilines is 1. The highest BCUT2D eigenvalue weighted by atomic mass is 19.1. The summed E-state index contributed by atoms with van der Waals surface area (Å²) in [5, 5.41) is 18.8. The van der Waals surface area contributed by atoms with E-state index in [9.17, 15) is 24.2 Å². The van der Waals surface area contributed by atoms with E-state index in [1.807, 2.05) is 0 Å². The number of carboxylic acids is 1. The molecule has 3 fully saturated rings. The number of fused-ring (bicyclic) bond motifs is 2. The normalized spacial score (nSPS) is 26.9. The highest BCUT2D eigenvalue weighted by Gasteiger charge is 2.47.